The van der Waals surface area contributed by atoms with Crippen molar-refractivity contribution in [3.05, 3.63) is 0 Å². The molecule has 14 bridgehead atoms. The van der Waals surface area contributed by atoms with E-state index in [4.69, 9.17) is 66.3 Å². The van der Waals surface area contributed by atoms with Crippen molar-refractivity contribution in [3.8, 4) is 0 Å². The Hall–Kier alpha value is -1.93. The van der Waals surface area contributed by atoms with Crippen LogP contribution >= 0.6 is 0 Å². The highest BCUT2D eigenvalue weighted by molar-refractivity contribution is 5.72. The molecule has 21 fully saturated rings. The highest BCUT2D eigenvalue weighted by atomic mass is 16.8. The smallest absolute Gasteiger partial charge is 0.216 e. The maximum absolute atomic E-state index is 11.7. The Morgan fingerprint density at radius 2 is 0.458 bits per heavy atom. The summed E-state index contributed by atoms with van der Waals surface area (Å²) in [5.74, 6) is -0.387. The Kier molecular flexibility index (Phi) is 23.5. The fraction of sp³-hybridized carbons (Fsp3) is 0.978. The lowest BCUT2D eigenvalue weighted by Crippen LogP contribution is -2.68. The topological polar surface area (TPSA) is 575 Å². The predicted octanol–water partition coefficient (Wildman–Crippen LogP) is -15.5. The van der Waals surface area contributed by atoms with Gasteiger partial charge in [0.1, 0.15) is 171 Å². The van der Waals surface area contributed by atoms with Crippen LogP contribution in [0.15, 0.2) is 0 Å². The van der Waals surface area contributed by atoms with E-state index < -0.39 is 255 Å². The van der Waals surface area contributed by atoms with Crippen LogP contribution in [-0.2, 0) is 71.1 Å². The Bertz CT molecular complexity index is 2000. The largest absolute Gasteiger partial charge is 0.394 e. The Labute approximate surface area is 470 Å². The van der Waals surface area contributed by atoms with E-state index >= 15 is 0 Å². The van der Waals surface area contributed by atoms with Crippen LogP contribution in [0.2, 0.25) is 0 Å². The molecule has 0 spiro atoms. The summed E-state index contributed by atoms with van der Waals surface area (Å²) in [4.78, 5) is 11.5. The maximum Gasteiger partial charge on any atom is 0.216 e. The third kappa shape index (κ3) is 14.1. The van der Waals surface area contributed by atoms with Gasteiger partial charge in [-0.3, -0.25) is 4.79 Å². The van der Waals surface area contributed by atoms with Crippen LogP contribution in [0, 0.1) is 0 Å². The van der Waals surface area contributed by atoms with Gasteiger partial charge in [0.25, 0.3) is 0 Å². The highest BCUT2D eigenvalue weighted by Gasteiger charge is 2.59. The number of nitrogens with one attached hydrogen (secondary N) is 2. The molecule has 0 unspecified atom stereocenters. The summed E-state index contributed by atoms with van der Waals surface area (Å²) < 4.78 is 80.9. The van der Waals surface area contributed by atoms with Crippen molar-refractivity contribution >= 4 is 5.91 Å². The van der Waals surface area contributed by atoms with E-state index in [9.17, 15) is 107 Å². The predicted molar refractivity (Wildman–Crippen MR) is 253 cm³/mol. The molecular weight excluding hydrogens is 1140 g/mol. The molecule has 1 amide bonds. The molecule has 37 nitrogen and oxygen atoms in total. The van der Waals surface area contributed by atoms with Gasteiger partial charge >= 0.3 is 0 Å². The standard InChI is InChI=1S/C46H78N2O35/c1-11(55)48-3-2-47-4-12-33-19(56)26(63)40(70-12)78-34-13(5-49)72-42(28(65)21(34)58)80-36-15(7-51)74-44(30(67)23(36)60)82-38-17(9-53)76-46(32(69)25(38)62)83-39-18(10-54)75-45(31(68)24(39)61)81-37-16(8-52)73-43(29(66)22(37)59)79-35-14(6-50)71-41(77-33)27(64)20(35)57/h12-47,49-54,56-69H,2-10H2,1H3,(H,48,55)/t12-,13+,14-,15+,16-,17+,18-,19+,20-,21-,22+,23-,24+,25+,26-,27-,28-,29+,30+,31+,32+,33+,34+,35+,36+,37+,38+,39+,40+,41+,42+,43+,44+,45+,46+/m0/s1. The van der Waals surface area contributed by atoms with Gasteiger partial charge in [-0.25, -0.2) is 0 Å². The number of aliphatic hydroxyl groups excluding tert-OH is 20. The van der Waals surface area contributed by atoms with Gasteiger partial charge in [-0.05, 0) is 0 Å². The first-order valence-corrected chi connectivity index (χ1v) is 26.8. The van der Waals surface area contributed by atoms with E-state index in [0.717, 1.165) is 0 Å². The zero-order valence-electron chi connectivity index (χ0n) is 44.1. The molecule has 22 N–H and O–H groups in total. The second-order valence-corrected chi connectivity index (χ2v) is 21.2. The highest BCUT2D eigenvalue weighted by Crippen LogP contribution is 2.39. The van der Waals surface area contributed by atoms with Crippen LogP contribution in [0.25, 0.3) is 0 Å². The van der Waals surface area contributed by atoms with Gasteiger partial charge in [-0.15, -0.1) is 0 Å². The summed E-state index contributed by atoms with van der Waals surface area (Å²) in [6.45, 7) is -5.27. The number of carbonyl (C=O) groups excluding carboxylic acids is 1. The molecule has 0 aliphatic carbocycles. The number of hydrogen-bond donors (Lipinski definition) is 22. The van der Waals surface area contributed by atoms with Crippen molar-refractivity contribution < 1.29 is 173 Å². The molecule has 21 aliphatic rings. The van der Waals surface area contributed by atoms with E-state index in [2.05, 4.69) is 10.6 Å². The van der Waals surface area contributed by atoms with E-state index in [1.54, 1.807) is 0 Å². The minimum atomic E-state index is -2.21. The zero-order valence-corrected chi connectivity index (χ0v) is 44.1. The van der Waals surface area contributed by atoms with Crippen LogP contribution < -0.4 is 10.6 Å². The number of carbonyl (C=O) groups is 1. The molecule has 83 heavy (non-hydrogen) atoms. The maximum atomic E-state index is 11.7. The monoisotopic (exact) mass is 1220 g/mol. The fourth-order valence-corrected chi connectivity index (χ4v) is 11.0. The Morgan fingerprint density at radius 3 is 0.639 bits per heavy atom. The number of aliphatic hydroxyl groups is 20. The van der Waals surface area contributed by atoms with Crippen LogP contribution in [0.3, 0.4) is 0 Å². The zero-order chi connectivity index (χ0) is 60.5. The average molecular weight is 1220 g/mol. The van der Waals surface area contributed by atoms with Crippen molar-refractivity contribution in [2.45, 2.75) is 222 Å². The summed E-state index contributed by atoms with van der Waals surface area (Å²) in [5, 5.41) is 228. The molecule has 0 saturated carbocycles. The van der Waals surface area contributed by atoms with Crippen LogP contribution in [-0.4, -0.2) is 382 Å². The molecule has 482 valence electrons. The minimum absolute atomic E-state index is 0.0433. The summed E-state index contributed by atoms with van der Waals surface area (Å²) in [7, 11) is 0. The minimum Gasteiger partial charge on any atom is -0.394 e. The molecule has 37 heteroatoms. The molecule has 0 radical (unpaired) electrons. The third-order valence-corrected chi connectivity index (χ3v) is 15.6. The summed E-state index contributed by atoms with van der Waals surface area (Å²) in [6.07, 6.45) is -69.9. The Morgan fingerprint density at radius 1 is 0.277 bits per heavy atom. The molecular formula is C46H78N2O35. The normalized spacial score (nSPS) is 52.1. The second kappa shape index (κ2) is 29.1. The summed E-state index contributed by atoms with van der Waals surface area (Å²) in [5.41, 5.74) is 0. The molecule has 21 saturated heterocycles. The molecule has 35 atom stereocenters. The van der Waals surface area contributed by atoms with Crippen molar-refractivity contribution in [3.63, 3.8) is 0 Å². The number of amides is 1. The second-order valence-electron chi connectivity index (χ2n) is 21.2. The molecule has 21 heterocycles. The van der Waals surface area contributed by atoms with Crippen LogP contribution in [0.5, 0.6) is 0 Å². The van der Waals surface area contributed by atoms with Crippen molar-refractivity contribution in [1.82, 2.24) is 10.6 Å². The SMILES string of the molecule is CC(=O)NCCNC[C@@H]1O[C@@H]2O[C@H]3[C@@H](O)[C@H](O)[C@@H](O[C@H]4[C@@H](O)[C@@H](O)[C@@H](O[C@H]5[C@H](O)[C@@H](O)[C@@H](O[C@H]6[C@H](O)[C@@H](O)[C@@H](O[C@H]7[C@H](O)[C@@H](O)[C@@H](O[C@H]8[C@@H](O)[C@H](O)[C@@H](O[C@H]1[C@H](O)[C@@H]2O)O[C@H]8CO)O[C@H]7CO)O[C@H]6CO)O[C@@H]5CO)O[C@@H]4CO)O[C@@H]3CO. The fourth-order valence-electron chi connectivity index (χ4n) is 11.0. The molecule has 0 aromatic carbocycles. The van der Waals surface area contributed by atoms with Gasteiger partial charge < -0.3 is 179 Å². The lowest BCUT2D eigenvalue weighted by Gasteiger charge is -2.50. The van der Waals surface area contributed by atoms with E-state index in [-0.39, 0.29) is 25.5 Å². The van der Waals surface area contributed by atoms with Crippen molar-refractivity contribution in [2.75, 3.05) is 59.3 Å². The van der Waals surface area contributed by atoms with Crippen molar-refractivity contribution in [2.24, 2.45) is 0 Å². The first-order chi connectivity index (χ1) is 39.5. The molecule has 21 rings (SSSR count). The average Bonchev–Trinajstić information content (AvgIpc) is 3.18. The number of hydrogen-bond acceptors (Lipinski definition) is 36. The van der Waals surface area contributed by atoms with Crippen LogP contribution in [0.1, 0.15) is 6.92 Å². The first-order valence-electron chi connectivity index (χ1n) is 26.8. The van der Waals surface area contributed by atoms with Gasteiger partial charge in [0.15, 0.2) is 44.0 Å². The lowest BCUT2D eigenvalue weighted by atomic mass is 9.95. The summed E-state index contributed by atoms with van der Waals surface area (Å²) >= 11 is 0. The molecule has 21 aliphatic heterocycles. The quantitative estimate of drug-likeness (QED) is 0.0854. The van der Waals surface area contributed by atoms with Gasteiger partial charge in [-0.2, -0.15) is 0 Å². The molecule has 0 aromatic rings. The van der Waals surface area contributed by atoms with E-state index in [0.29, 0.717) is 0 Å². The van der Waals surface area contributed by atoms with E-state index in [1.807, 2.05) is 0 Å². The van der Waals surface area contributed by atoms with Crippen LogP contribution in [0.4, 0.5) is 0 Å². The van der Waals surface area contributed by atoms with Gasteiger partial charge in [-0.1, -0.05) is 0 Å². The van der Waals surface area contributed by atoms with Gasteiger partial charge in [0.2, 0.25) is 5.91 Å². The summed E-state index contributed by atoms with van der Waals surface area (Å²) in [6, 6.07) is 0. The van der Waals surface area contributed by atoms with E-state index in [1.165, 1.54) is 6.92 Å². The lowest BCUT2D eigenvalue weighted by molar-refractivity contribution is -0.396. The van der Waals surface area contributed by atoms with Crippen molar-refractivity contribution in [1.29, 1.82) is 0 Å². The van der Waals surface area contributed by atoms with Gasteiger partial charge in [0, 0.05) is 26.6 Å². The number of rotatable bonds is 11. The Balaban J connectivity index is 1.09. The molecule has 0 aromatic heterocycles. The number of ether oxygens (including phenoxy) is 14. The first kappa shape index (κ1) is 67.0. The van der Waals surface area contributed by atoms with Gasteiger partial charge in [0.05, 0.1) is 39.6 Å². The third-order valence-electron chi connectivity index (χ3n) is 15.6.